The van der Waals surface area contributed by atoms with Gasteiger partial charge >= 0.3 is 0 Å². The van der Waals surface area contributed by atoms with Crippen LogP contribution in [0.1, 0.15) is 31.0 Å². The Morgan fingerprint density at radius 3 is 2.70 bits per heavy atom. The van der Waals surface area contributed by atoms with Crippen LogP contribution in [0.5, 0.6) is 0 Å². The van der Waals surface area contributed by atoms with E-state index in [1.165, 1.54) is 5.56 Å². The molecule has 1 aromatic carbocycles. The van der Waals surface area contributed by atoms with E-state index < -0.39 is 0 Å². The fourth-order valence-corrected chi connectivity index (χ4v) is 2.93. The molecule has 3 nitrogen and oxygen atoms in total. The van der Waals surface area contributed by atoms with Crippen molar-refractivity contribution in [2.45, 2.75) is 26.7 Å². The van der Waals surface area contributed by atoms with Gasteiger partial charge in [0.1, 0.15) is 5.58 Å². The predicted octanol–water partition coefficient (Wildman–Crippen LogP) is 5.47. The second-order valence-corrected chi connectivity index (χ2v) is 6.22. The zero-order valence-corrected chi connectivity index (χ0v) is 13.5. The molecular formula is C20H18N2O. The number of nitrogens with zero attached hydrogens (tertiary/aromatic N) is 2. The summed E-state index contributed by atoms with van der Waals surface area (Å²) in [6.07, 6.45) is 1.87. The SMILES string of the molecule is Cc1ccc2c(n1)oc1c(-c3cc(C(C)C)ccn3)cccc12. The molecule has 0 unspecified atom stereocenters. The van der Waals surface area contributed by atoms with Gasteiger partial charge in [-0.1, -0.05) is 26.0 Å². The minimum absolute atomic E-state index is 0.468. The second kappa shape index (κ2) is 5.20. The fraction of sp³-hybridized carbons (Fsp3) is 0.200. The lowest BCUT2D eigenvalue weighted by molar-refractivity contribution is 0.653. The van der Waals surface area contributed by atoms with Gasteiger partial charge in [-0.2, -0.15) is 0 Å². The van der Waals surface area contributed by atoms with E-state index in [4.69, 9.17) is 4.42 Å². The van der Waals surface area contributed by atoms with Crippen molar-refractivity contribution in [1.29, 1.82) is 0 Å². The molecule has 0 spiro atoms. The molecule has 3 heteroatoms. The van der Waals surface area contributed by atoms with E-state index >= 15 is 0 Å². The molecule has 0 aliphatic carbocycles. The maximum atomic E-state index is 6.07. The maximum Gasteiger partial charge on any atom is 0.227 e. The third-order valence-corrected chi connectivity index (χ3v) is 4.23. The van der Waals surface area contributed by atoms with Crippen LogP contribution in [0.25, 0.3) is 33.3 Å². The van der Waals surface area contributed by atoms with Gasteiger partial charge in [0.2, 0.25) is 5.71 Å². The van der Waals surface area contributed by atoms with Gasteiger partial charge in [0.25, 0.3) is 0 Å². The molecule has 0 saturated heterocycles. The van der Waals surface area contributed by atoms with E-state index in [-0.39, 0.29) is 0 Å². The summed E-state index contributed by atoms with van der Waals surface area (Å²) in [4.78, 5) is 9.06. The van der Waals surface area contributed by atoms with Crippen LogP contribution in [0.3, 0.4) is 0 Å². The van der Waals surface area contributed by atoms with Crippen molar-refractivity contribution in [3.05, 3.63) is 59.9 Å². The highest BCUT2D eigenvalue weighted by molar-refractivity contribution is 6.08. The van der Waals surface area contributed by atoms with Crippen LogP contribution in [-0.4, -0.2) is 9.97 Å². The molecule has 0 fully saturated rings. The molecule has 3 heterocycles. The topological polar surface area (TPSA) is 38.9 Å². The maximum absolute atomic E-state index is 6.07. The molecule has 0 bridgehead atoms. The Hall–Kier alpha value is -2.68. The molecule has 0 amide bonds. The molecule has 4 aromatic rings. The molecule has 0 saturated carbocycles. The fourth-order valence-electron chi connectivity index (χ4n) is 2.93. The second-order valence-electron chi connectivity index (χ2n) is 6.22. The van der Waals surface area contributed by atoms with E-state index in [1.54, 1.807) is 0 Å². The largest absolute Gasteiger partial charge is 0.437 e. The number of rotatable bonds is 2. The van der Waals surface area contributed by atoms with Crippen molar-refractivity contribution in [1.82, 2.24) is 9.97 Å². The third-order valence-electron chi connectivity index (χ3n) is 4.23. The average Bonchev–Trinajstić information content (AvgIpc) is 2.92. The lowest BCUT2D eigenvalue weighted by atomic mass is 10.0. The minimum Gasteiger partial charge on any atom is -0.437 e. The van der Waals surface area contributed by atoms with Crippen LogP contribution in [0.4, 0.5) is 0 Å². The van der Waals surface area contributed by atoms with Gasteiger partial charge in [-0.25, -0.2) is 4.98 Å². The molecule has 0 radical (unpaired) electrons. The average molecular weight is 302 g/mol. The number of hydrogen-bond acceptors (Lipinski definition) is 3. The van der Waals surface area contributed by atoms with E-state index in [0.29, 0.717) is 11.6 Å². The Bertz CT molecular complexity index is 1010. The Kier molecular flexibility index (Phi) is 3.15. The Labute approximate surface area is 135 Å². The van der Waals surface area contributed by atoms with Gasteiger partial charge in [0, 0.05) is 28.2 Å². The van der Waals surface area contributed by atoms with E-state index in [1.807, 2.05) is 19.2 Å². The Morgan fingerprint density at radius 1 is 1.00 bits per heavy atom. The number of pyridine rings is 2. The molecule has 3 aromatic heterocycles. The quantitative estimate of drug-likeness (QED) is 0.492. The minimum atomic E-state index is 0.468. The van der Waals surface area contributed by atoms with Crippen LogP contribution >= 0.6 is 0 Å². The lowest BCUT2D eigenvalue weighted by Gasteiger charge is -2.07. The van der Waals surface area contributed by atoms with Crippen molar-refractivity contribution >= 4 is 22.1 Å². The highest BCUT2D eigenvalue weighted by Gasteiger charge is 2.14. The summed E-state index contributed by atoms with van der Waals surface area (Å²) in [6.45, 7) is 6.35. The number of benzene rings is 1. The summed E-state index contributed by atoms with van der Waals surface area (Å²) in [6, 6.07) is 14.5. The van der Waals surface area contributed by atoms with E-state index in [0.717, 1.165) is 33.3 Å². The molecule has 114 valence electrons. The molecule has 0 atom stereocenters. The van der Waals surface area contributed by atoms with Gasteiger partial charge in [-0.3, -0.25) is 4.98 Å². The number of aromatic nitrogens is 2. The summed E-state index contributed by atoms with van der Waals surface area (Å²) < 4.78 is 6.07. The molecular weight excluding hydrogens is 284 g/mol. The summed E-state index contributed by atoms with van der Waals surface area (Å²) in [5, 5.41) is 2.13. The van der Waals surface area contributed by atoms with Crippen molar-refractivity contribution in [3.8, 4) is 11.3 Å². The Balaban J connectivity index is 2.00. The van der Waals surface area contributed by atoms with Crippen LogP contribution in [-0.2, 0) is 0 Å². The molecule has 23 heavy (non-hydrogen) atoms. The molecule has 4 rings (SSSR count). The first kappa shape index (κ1) is 13.9. The number of fused-ring (bicyclic) bond motifs is 3. The number of para-hydroxylation sites is 1. The van der Waals surface area contributed by atoms with Gasteiger partial charge in [0.05, 0.1) is 5.69 Å². The van der Waals surface area contributed by atoms with Crippen molar-refractivity contribution < 1.29 is 4.42 Å². The van der Waals surface area contributed by atoms with Gasteiger partial charge in [-0.05, 0) is 48.7 Å². The third kappa shape index (κ3) is 2.29. The molecule has 0 aliphatic rings. The van der Waals surface area contributed by atoms with Gasteiger partial charge in [0.15, 0.2) is 0 Å². The summed E-state index contributed by atoms with van der Waals surface area (Å²) >= 11 is 0. The first-order valence-electron chi connectivity index (χ1n) is 7.88. The smallest absolute Gasteiger partial charge is 0.227 e. The number of aryl methyl sites for hydroxylation is 1. The van der Waals surface area contributed by atoms with Gasteiger partial charge in [-0.15, -0.1) is 0 Å². The molecule has 0 aliphatic heterocycles. The Morgan fingerprint density at radius 2 is 1.87 bits per heavy atom. The zero-order chi connectivity index (χ0) is 16.0. The first-order chi connectivity index (χ1) is 11.1. The first-order valence-corrected chi connectivity index (χ1v) is 7.88. The van der Waals surface area contributed by atoms with Crippen molar-refractivity contribution in [3.63, 3.8) is 0 Å². The van der Waals surface area contributed by atoms with Crippen molar-refractivity contribution in [2.75, 3.05) is 0 Å². The zero-order valence-electron chi connectivity index (χ0n) is 13.5. The standard InChI is InChI=1S/C20H18N2O/c1-12(2)14-9-10-21-18(11-14)17-6-4-5-15-16-8-7-13(3)22-20(16)23-19(15)17/h4-12H,1-3H3. The van der Waals surface area contributed by atoms with Gasteiger partial charge < -0.3 is 4.42 Å². The van der Waals surface area contributed by atoms with Crippen LogP contribution in [0, 0.1) is 6.92 Å². The van der Waals surface area contributed by atoms with Crippen LogP contribution < -0.4 is 0 Å². The predicted molar refractivity (Wildman–Crippen MR) is 93.6 cm³/mol. The molecule has 0 N–H and O–H groups in total. The lowest BCUT2D eigenvalue weighted by Crippen LogP contribution is -1.90. The van der Waals surface area contributed by atoms with E-state index in [2.05, 4.69) is 60.2 Å². The normalized spacial score (nSPS) is 11.7. The highest BCUT2D eigenvalue weighted by atomic mass is 16.3. The van der Waals surface area contributed by atoms with E-state index in [9.17, 15) is 0 Å². The summed E-state index contributed by atoms with van der Waals surface area (Å²) in [5.41, 5.74) is 5.73. The monoisotopic (exact) mass is 302 g/mol. The van der Waals surface area contributed by atoms with Crippen LogP contribution in [0.2, 0.25) is 0 Å². The number of furan rings is 1. The summed E-state index contributed by atoms with van der Waals surface area (Å²) in [7, 11) is 0. The highest BCUT2D eigenvalue weighted by Crippen LogP contribution is 2.35. The van der Waals surface area contributed by atoms with Crippen molar-refractivity contribution in [2.24, 2.45) is 0 Å². The number of hydrogen-bond donors (Lipinski definition) is 0. The summed E-state index contributed by atoms with van der Waals surface area (Å²) in [5.74, 6) is 0.468. The van der Waals surface area contributed by atoms with Crippen LogP contribution in [0.15, 0.2) is 53.1 Å².